The van der Waals surface area contributed by atoms with Gasteiger partial charge in [-0.3, -0.25) is 9.69 Å². The molecule has 1 saturated heterocycles. The average Bonchev–Trinajstić information content (AvgIpc) is 3.35. The van der Waals surface area contributed by atoms with Crippen LogP contribution in [-0.2, 0) is 11.3 Å². The lowest BCUT2D eigenvalue weighted by Gasteiger charge is -2.46. The van der Waals surface area contributed by atoms with E-state index in [1.165, 1.54) is 10.6 Å². The van der Waals surface area contributed by atoms with Crippen LogP contribution in [0.2, 0.25) is 0 Å². The molecular formula is C22H27N3O2S. The Balaban J connectivity index is 1.28. The predicted molar refractivity (Wildman–Crippen MR) is 110 cm³/mol. The molecule has 1 aliphatic carbocycles. The fraction of sp³-hybridized carbons (Fsp3) is 0.545. The SMILES string of the molecule is O=C(C[C@@H]1CC2(CCN(Cc3nccs3)CC2)Oc2ccccc21)NC1CC1. The average molecular weight is 398 g/mol. The van der Waals surface area contributed by atoms with Crippen LogP contribution in [0.5, 0.6) is 5.75 Å². The summed E-state index contributed by atoms with van der Waals surface area (Å²) in [6.07, 6.45) is 7.67. The number of thiazole rings is 1. The maximum atomic E-state index is 12.5. The normalized spacial score (nSPS) is 23.8. The van der Waals surface area contributed by atoms with E-state index in [0.717, 1.165) is 57.5 Å². The van der Waals surface area contributed by atoms with Gasteiger partial charge in [-0.1, -0.05) is 18.2 Å². The van der Waals surface area contributed by atoms with Gasteiger partial charge in [0.05, 0.1) is 6.54 Å². The highest BCUT2D eigenvalue weighted by molar-refractivity contribution is 7.09. The first-order valence-corrected chi connectivity index (χ1v) is 11.3. The molecule has 2 aromatic rings. The molecule has 6 heteroatoms. The van der Waals surface area contributed by atoms with Crippen molar-refractivity contribution in [1.29, 1.82) is 0 Å². The molecule has 1 saturated carbocycles. The number of benzene rings is 1. The van der Waals surface area contributed by atoms with Crippen LogP contribution in [0.15, 0.2) is 35.8 Å². The summed E-state index contributed by atoms with van der Waals surface area (Å²) in [6, 6.07) is 8.73. The van der Waals surface area contributed by atoms with Crippen molar-refractivity contribution in [2.24, 2.45) is 0 Å². The van der Waals surface area contributed by atoms with Crippen LogP contribution < -0.4 is 10.1 Å². The molecule has 1 aromatic carbocycles. The number of aromatic nitrogens is 1. The lowest BCUT2D eigenvalue weighted by atomic mass is 9.76. The summed E-state index contributed by atoms with van der Waals surface area (Å²) in [5.41, 5.74) is 1.06. The Bertz CT molecular complexity index is 826. The fourth-order valence-corrected chi connectivity index (χ4v) is 5.27. The van der Waals surface area contributed by atoms with Crippen molar-refractivity contribution in [2.45, 2.75) is 62.6 Å². The standard InChI is InChI=1S/C22H27N3O2S/c26-20(24-17-5-6-17)13-16-14-22(27-19-4-2-1-3-18(16)19)7-10-25(11-8-22)15-21-23-9-12-28-21/h1-4,9,12,16-17H,5-8,10-11,13-15H2,(H,24,26)/t16-/m1/s1. The lowest BCUT2D eigenvalue weighted by molar-refractivity contribution is -0.122. The van der Waals surface area contributed by atoms with Crippen molar-refractivity contribution < 1.29 is 9.53 Å². The van der Waals surface area contributed by atoms with Crippen molar-refractivity contribution in [3.63, 3.8) is 0 Å². The number of hydrogen-bond donors (Lipinski definition) is 1. The first-order valence-electron chi connectivity index (χ1n) is 10.4. The molecular weight excluding hydrogens is 370 g/mol. The van der Waals surface area contributed by atoms with Gasteiger partial charge in [0.25, 0.3) is 0 Å². The second-order valence-electron chi connectivity index (χ2n) is 8.47. The predicted octanol–water partition coefficient (Wildman–Crippen LogP) is 3.71. The van der Waals surface area contributed by atoms with Crippen LogP contribution in [-0.4, -0.2) is 40.5 Å². The first kappa shape index (κ1) is 18.1. The van der Waals surface area contributed by atoms with Gasteiger partial charge in [0.15, 0.2) is 0 Å². The Hall–Kier alpha value is -1.92. The van der Waals surface area contributed by atoms with Gasteiger partial charge in [-0.05, 0) is 43.7 Å². The minimum atomic E-state index is -0.141. The van der Waals surface area contributed by atoms with Gasteiger partial charge in [-0.25, -0.2) is 4.98 Å². The summed E-state index contributed by atoms with van der Waals surface area (Å²) >= 11 is 1.72. The molecule has 1 atom stereocenters. The second-order valence-corrected chi connectivity index (χ2v) is 9.45. The number of nitrogens with zero attached hydrogens (tertiary/aromatic N) is 2. The lowest BCUT2D eigenvalue weighted by Crippen LogP contribution is -2.50. The van der Waals surface area contributed by atoms with Crippen LogP contribution in [0, 0.1) is 0 Å². The number of rotatable bonds is 5. The number of nitrogens with one attached hydrogen (secondary N) is 1. The van der Waals surface area contributed by atoms with Crippen molar-refractivity contribution in [2.75, 3.05) is 13.1 Å². The summed E-state index contributed by atoms with van der Waals surface area (Å²) in [4.78, 5) is 19.4. The zero-order valence-electron chi connectivity index (χ0n) is 16.1. The third kappa shape index (κ3) is 3.94. The van der Waals surface area contributed by atoms with E-state index >= 15 is 0 Å². The molecule has 3 aliphatic rings. The Morgan fingerprint density at radius 2 is 2.11 bits per heavy atom. The van der Waals surface area contributed by atoms with E-state index < -0.39 is 0 Å². The maximum Gasteiger partial charge on any atom is 0.220 e. The molecule has 0 unspecified atom stereocenters. The summed E-state index contributed by atoms with van der Waals surface area (Å²) in [5, 5.41) is 6.38. The van der Waals surface area contributed by atoms with Crippen molar-refractivity contribution in [3.8, 4) is 5.75 Å². The Labute approximate surface area is 170 Å². The summed E-state index contributed by atoms with van der Waals surface area (Å²) in [6.45, 7) is 2.96. The van der Waals surface area contributed by atoms with Crippen molar-refractivity contribution in [1.82, 2.24) is 15.2 Å². The first-order chi connectivity index (χ1) is 13.7. The number of para-hydroxylation sites is 1. The zero-order chi connectivity index (χ0) is 19.0. The minimum Gasteiger partial charge on any atom is -0.487 e. The van der Waals surface area contributed by atoms with Crippen LogP contribution in [0.1, 0.15) is 55.0 Å². The molecule has 148 valence electrons. The van der Waals surface area contributed by atoms with Crippen molar-refractivity contribution in [3.05, 3.63) is 46.4 Å². The van der Waals surface area contributed by atoms with Gasteiger partial charge in [0, 0.05) is 43.0 Å². The van der Waals surface area contributed by atoms with Crippen LogP contribution in [0.3, 0.4) is 0 Å². The van der Waals surface area contributed by atoms with Crippen LogP contribution in [0.4, 0.5) is 0 Å². The highest BCUT2D eigenvalue weighted by Gasteiger charge is 2.43. The quantitative estimate of drug-likeness (QED) is 0.836. The smallest absolute Gasteiger partial charge is 0.220 e. The number of likely N-dealkylation sites (tertiary alicyclic amines) is 1. The number of ether oxygens (including phenoxy) is 1. The summed E-state index contributed by atoms with van der Waals surface area (Å²) in [7, 11) is 0. The third-order valence-electron chi connectivity index (χ3n) is 6.29. The van der Waals surface area contributed by atoms with E-state index in [1.54, 1.807) is 11.3 Å². The molecule has 2 aliphatic heterocycles. The van der Waals surface area contributed by atoms with Crippen LogP contribution in [0.25, 0.3) is 0 Å². The molecule has 1 aromatic heterocycles. The molecule has 0 bridgehead atoms. The highest BCUT2D eigenvalue weighted by Crippen LogP contribution is 2.46. The number of carbonyl (C=O) groups excluding carboxylic acids is 1. The monoisotopic (exact) mass is 397 g/mol. The van der Waals surface area contributed by atoms with E-state index in [4.69, 9.17) is 4.74 Å². The minimum absolute atomic E-state index is 0.141. The number of fused-ring (bicyclic) bond motifs is 1. The van der Waals surface area contributed by atoms with E-state index in [9.17, 15) is 4.79 Å². The Morgan fingerprint density at radius 3 is 2.86 bits per heavy atom. The Kier molecular flexibility index (Phi) is 4.85. The fourth-order valence-electron chi connectivity index (χ4n) is 4.61. The molecule has 1 amide bonds. The summed E-state index contributed by atoms with van der Waals surface area (Å²) < 4.78 is 6.58. The molecule has 3 heterocycles. The number of piperidine rings is 1. The molecule has 0 radical (unpaired) electrons. The highest BCUT2D eigenvalue weighted by atomic mass is 32.1. The molecule has 5 rings (SSSR count). The topological polar surface area (TPSA) is 54.5 Å². The van der Waals surface area contributed by atoms with Crippen molar-refractivity contribution >= 4 is 17.2 Å². The maximum absolute atomic E-state index is 12.5. The van der Waals surface area contributed by atoms with E-state index in [-0.39, 0.29) is 17.4 Å². The molecule has 1 spiro atoms. The molecule has 1 N–H and O–H groups in total. The van der Waals surface area contributed by atoms with Gasteiger partial charge >= 0.3 is 0 Å². The van der Waals surface area contributed by atoms with Crippen LogP contribution >= 0.6 is 11.3 Å². The zero-order valence-corrected chi connectivity index (χ0v) is 16.9. The van der Waals surface area contributed by atoms with Gasteiger partial charge in [0.1, 0.15) is 16.4 Å². The van der Waals surface area contributed by atoms with Gasteiger partial charge < -0.3 is 10.1 Å². The third-order valence-corrected chi connectivity index (χ3v) is 7.05. The number of hydrogen-bond acceptors (Lipinski definition) is 5. The number of amides is 1. The molecule has 2 fully saturated rings. The van der Waals surface area contributed by atoms with Gasteiger partial charge in [0.2, 0.25) is 5.91 Å². The Morgan fingerprint density at radius 1 is 1.29 bits per heavy atom. The largest absolute Gasteiger partial charge is 0.487 e. The van der Waals surface area contributed by atoms with E-state index in [2.05, 4.69) is 33.4 Å². The van der Waals surface area contributed by atoms with E-state index in [0.29, 0.717) is 12.5 Å². The molecule has 5 nitrogen and oxygen atoms in total. The second kappa shape index (κ2) is 7.48. The summed E-state index contributed by atoms with van der Waals surface area (Å²) in [5.74, 6) is 1.42. The number of carbonyl (C=O) groups is 1. The van der Waals surface area contributed by atoms with E-state index in [1.807, 2.05) is 17.6 Å². The molecule has 28 heavy (non-hydrogen) atoms. The van der Waals surface area contributed by atoms with Gasteiger partial charge in [-0.15, -0.1) is 11.3 Å². The van der Waals surface area contributed by atoms with Gasteiger partial charge in [-0.2, -0.15) is 0 Å².